The number of rotatable bonds is 3. The zero-order valence-electron chi connectivity index (χ0n) is 11.8. The Morgan fingerprint density at radius 3 is 2.90 bits per heavy atom. The third-order valence-corrected chi connectivity index (χ3v) is 6.71. The van der Waals surface area contributed by atoms with Gasteiger partial charge in [-0.1, -0.05) is 0 Å². The minimum atomic E-state index is -0.811. The van der Waals surface area contributed by atoms with Gasteiger partial charge in [0.15, 0.2) is 0 Å². The van der Waals surface area contributed by atoms with Gasteiger partial charge in [0.05, 0.1) is 5.41 Å². The van der Waals surface area contributed by atoms with E-state index in [1.165, 1.54) is 5.75 Å². The first-order valence-electron chi connectivity index (χ1n) is 6.97. The molecule has 2 aliphatic heterocycles. The Balaban J connectivity index is 1.81. The number of urea groups is 1. The van der Waals surface area contributed by atoms with Crippen LogP contribution in [0.1, 0.15) is 19.8 Å². The van der Waals surface area contributed by atoms with Crippen molar-refractivity contribution >= 4 is 35.5 Å². The van der Waals surface area contributed by atoms with Crippen LogP contribution < -0.4 is 5.32 Å². The van der Waals surface area contributed by atoms with E-state index in [-0.39, 0.29) is 6.03 Å². The lowest BCUT2D eigenvalue weighted by Gasteiger charge is -2.37. The molecule has 0 bridgehead atoms. The van der Waals surface area contributed by atoms with Gasteiger partial charge in [-0.3, -0.25) is 4.79 Å². The van der Waals surface area contributed by atoms with Crippen LogP contribution >= 0.6 is 23.5 Å². The Bertz CT molecular complexity index is 375. The molecule has 0 spiro atoms. The molecule has 2 amide bonds. The lowest BCUT2D eigenvalue weighted by Crippen LogP contribution is -2.52. The summed E-state index contributed by atoms with van der Waals surface area (Å²) in [5.74, 6) is 2.61. The van der Waals surface area contributed by atoms with Crippen LogP contribution in [0.3, 0.4) is 0 Å². The molecule has 2 N–H and O–H groups in total. The number of amides is 2. The van der Waals surface area contributed by atoms with Crippen LogP contribution in [-0.4, -0.2) is 64.1 Å². The number of likely N-dealkylation sites (tertiary alicyclic amines) is 1. The summed E-state index contributed by atoms with van der Waals surface area (Å²) in [4.78, 5) is 25.1. The number of nitrogens with one attached hydrogen (secondary N) is 1. The molecule has 0 aromatic rings. The first-order chi connectivity index (χ1) is 9.51. The molecule has 2 rings (SSSR count). The smallest absolute Gasteiger partial charge is 0.317 e. The fraction of sp³-hybridized carbons (Fsp3) is 0.846. The quantitative estimate of drug-likeness (QED) is 0.829. The molecule has 20 heavy (non-hydrogen) atoms. The van der Waals surface area contributed by atoms with Crippen LogP contribution in [0.2, 0.25) is 0 Å². The normalized spacial score (nSPS) is 30.9. The zero-order valence-corrected chi connectivity index (χ0v) is 13.4. The fourth-order valence-corrected chi connectivity index (χ4v) is 5.17. The molecule has 0 aromatic heterocycles. The maximum Gasteiger partial charge on any atom is 0.317 e. The molecular formula is C13H22N2O3S2. The van der Waals surface area contributed by atoms with Crippen molar-refractivity contribution in [1.29, 1.82) is 0 Å². The summed E-state index contributed by atoms with van der Waals surface area (Å²) in [7, 11) is 0. The number of nitrogens with zero attached hydrogens (tertiary/aromatic N) is 1. The standard InChI is InChI=1S/C13H22N2O3S2/c1-13(11(16)17)3-2-4-15(9-13)12(18)14-7-10-8-19-5-6-20-10/h10H,2-9H2,1H3,(H,14,18)(H,16,17). The van der Waals surface area contributed by atoms with Crippen molar-refractivity contribution in [2.45, 2.75) is 25.0 Å². The maximum absolute atomic E-state index is 12.2. The van der Waals surface area contributed by atoms with Crippen LogP contribution in [0, 0.1) is 5.41 Å². The van der Waals surface area contributed by atoms with E-state index < -0.39 is 11.4 Å². The second kappa shape index (κ2) is 6.93. The largest absolute Gasteiger partial charge is 0.481 e. The molecular weight excluding hydrogens is 296 g/mol. The van der Waals surface area contributed by atoms with Gasteiger partial charge in [-0.05, 0) is 19.8 Å². The van der Waals surface area contributed by atoms with Crippen molar-refractivity contribution in [2.75, 3.05) is 36.9 Å². The molecule has 2 fully saturated rings. The van der Waals surface area contributed by atoms with Crippen LogP contribution in [0.15, 0.2) is 0 Å². The van der Waals surface area contributed by atoms with Gasteiger partial charge in [-0.2, -0.15) is 23.5 Å². The number of aliphatic carboxylic acids is 1. The highest BCUT2D eigenvalue weighted by molar-refractivity contribution is 8.06. The molecule has 7 heteroatoms. The fourth-order valence-electron chi connectivity index (χ4n) is 2.55. The summed E-state index contributed by atoms with van der Waals surface area (Å²) in [6.45, 7) is 3.36. The first-order valence-corrected chi connectivity index (χ1v) is 9.17. The van der Waals surface area contributed by atoms with E-state index in [4.69, 9.17) is 0 Å². The van der Waals surface area contributed by atoms with Gasteiger partial charge < -0.3 is 15.3 Å². The van der Waals surface area contributed by atoms with Crippen molar-refractivity contribution in [3.05, 3.63) is 0 Å². The number of carboxylic acid groups (broad SMARTS) is 1. The van der Waals surface area contributed by atoms with Crippen LogP contribution in [0.4, 0.5) is 4.79 Å². The molecule has 0 aliphatic carbocycles. The van der Waals surface area contributed by atoms with E-state index in [0.29, 0.717) is 31.3 Å². The lowest BCUT2D eigenvalue weighted by atomic mass is 9.82. The number of carbonyl (C=O) groups is 2. The van der Waals surface area contributed by atoms with E-state index in [1.807, 2.05) is 23.5 Å². The Morgan fingerprint density at radius 1 is 1.45 bits per heavy atom. The summed E-state index contributed by atoms with van der Waals surface area (Å²) in [6.07, 6.45) is 1.39. The van der Waals surface area contributed by atoms with Gasteiger partial charge in [-0.25, -0.2) is 4.79 Å². The minimum absolute atomic E-state index is 0.117. The van der Waals surface area contributed by atoms with E-state index in [0.717, 1.165) is 17.9 Å². The SMILES string of the molecule is CC1(C(=O)O)CCCN(C(=O)NCC2CSCCS2)C1. The van der Waals surface area contributed by atoms with Crippen molar-refractivity contribution < 1.29 is 14.7 Å². The maximum atomic E-state index is 12.2. The first kappa shape index (κ1) is 15.8. The van der Waals surface area contributed by atoms with Crippen molar-refractivity contribution in [3.8, 4) is 0 Å². The van der Waals surface area contributed by atoms with Gasteiger partial charge >= 0.3 is 12.0 Å². The highest BCUT2D eigenvalue weighted by atomic mass is 32.2. The minimum Gasteiger partial charge on any atom is -0.481 e. The van der Waals surface area contributed by atoms with E-state index in [1.54, 1.807) is 11.8 Å². The topological polar surface area (TPSA) is 69.6 Å². The number of hydrogen-bond donors (Lipinski definition) is 2. The number of thioether (sulfide) groups is 2. The van der Waals surface area contributed by atoms with Gasteiger partial charge in [0.25, 0.3) is 0 Å². The molecule has 0 saturated carbocycles. The summed E-state index contributed by atoms with van der Waals surface area (Å²) in [6, 6.07) is -0.117. The van der Waals surface area contributed by atoms with Crippen LogP contribution in [0.25, 0.3) is 0 Å². The number of piperidine rings is 1. The van der Waals surface area contributed by atoms with Gasteiger partial charge in [-0.15, -0.1) is 0 Å². The molecule has 5 nitrogen and oxygen atoms in total. The van der Waals surface area contributed by atoms with Crippen LogP contribution in [-0.2, 0) is 4.79 Å². The van der Waals surface area contributed by atoms with Crippen molar-refractivity contribution in [1.82, 2.24) is 10.2 Å². The van der Waals surface area contributed by atoms with Crippen molar-refractivity contribution in [3.63, 3.8) is 0 Å². The highest BCUT2D eigenvalue weighted by Crippen LogP contribution is 2.29. The lowest BCUT2D eigenvalue weighted by molar-refractivity contribution is -0.150. The number of carboxylic acids is 1. The predicted molar refractivity (Wildman–Crippen MR) is 83.5 cm³/mol. The van der Waals surface area contributed by atoms with Gasteiger partial charge in [0, 0.05) is 42.1 Å². The Hall–Kier alpha value is -0.560. The highest BCUT2D eigenvalue weighted by Gasteiger charge is 2.39. The molecule has 2 heterocycles. The van der Waals surface area contributed by atoms with E-state index in [2.05, 4.69) is 5.32 Å². The van der Waals surface area contributed by atoms with Gasteiger partial charge in [0.2, 0.25) is 0 Å². The van der Waals surface area contributed by atoms with E-state index in [9.17, 15) is 14.7 Å². The monoisotopic (exact) mass is 318 g/mol. The molecule has 2 aliphatic rings. The molecule has 2 unspecified atom stereocenters. The summed E-state index contributed by atoms with van der Waals surface area (Å²) < 4.78 is 0. The van der Waals surface area contributed by atoms with Crippen LogP contribution in [0.5, 0.6) is 0 Å². The van der Waals surface area contributed by atoms with E-state index >= 15 is 0 Å². The third-order valence-electron chi connectivity index (χ3n) is 3.87. The Kier molecular flexibility index (Phi) is 5.49. The predicted octanol–water partition coefficient (Wildman–Crippen LogP) is 1.73. The molecule has 0 aromatic carbocycles. The van der Waals surface area contributed by atoms with Crippen molar-refractivity contribution in [2.24, 2.45) is 5.41 Å². The van der Waals surface area contributed by atoms with Gasteiger partial charge in [0.1, 0.15) is 0 Å². The summed E-state index contributed by atoms with van der Waals surface area (Å²) in [5, 5.41) is 12.7. The third kappa shape index (κ3) is 3.97. The molecule has 114 valence electrons. The second-order valence-corrected chi connectivity index (χ2v) is 8.20. The zero-order chi connectivity index (χ0) is 14.6. The average Bonchev–Trinajstić information content (AvgIpc) is 2.46. The average molecular weight is 318 g/mol. The molecule has 0 radical (unpaired) electrons. The number of carbonyl (C=O) groups excluding carboxylic acids is 1. The Labute approximate surface area is 128 Å². The molecule has 2 saturated heterocycles. The summed E-state index contributed by atoms with van der Waals surface area (Å²) >= 11 is 3.84. The Morgan fingerprint density at radius 2 is 2.25 bits per heavy atom. The number of hydrogen-bond acceptors (Lipinski definition) is 4. The summed E-state index contributed by atoms with van der Waals surface area (Å²) in [5.41, 5.74) is -0.801. The second-order valence-electron chi connectivity index (χ2n) is 5.64. The molecule has 2 atom stereocenters.